The second kappa shape index (κ2) is 8.00. The molecule has 0 bridgehead atoms. The molecule has 0 fully saturated rings. The van der Waals surface area contributed by atoms with E-state index in [1.807, 2.05) is 0 Å². The van der Waals surface area contributed by atoms with E-state index < -0.39 is 29.5 Å². The Hall–Kier alpha value is -3.65. The molecule has 152 valence electrons. The molecule has 2 aromatic heterocycles. The quantitative estimate of drug-likeness (QED) is 0.477. The number of aliphatic hydroxyl groups excluding tert-OH is 1. The summed E-state index contributed by atoms with van der Waals surface area (Å²) < 4.78 is 10.1. The van der Waals surface area contributed by atoms with Gasteiger partial charge in [-0.3, -0.25) is 9.59 Å². The van der Waals surface area contributed by atoms with E-state index >= 15 is 0 Å². The van der Waals surface area contributed by atoms with Gasteiger partial charge in [0, 0.05) is 0 Å². The number of aliphatic hydroxyl groups is 1. The molecule has 3 aromatic rings. The number of amides is 1. The van der Waals surface area contributed by atoms with Crippen LogP contribution in [0.3, 0.4) is 0 Å². The Bertz CT molecular complexity index is 1110. The highest BCUT2D eigenvalue weighted by molar-refractivity contribution is 7.12. The minimum Gasteiger partial charge on any atom is -0.503 e. The van der Waals surface area contributed by atoms with Gasteiger partial charge in [0.1, 0.15) is 5.76 Å². The van der Waals surface area contributed by atoms with Gasteiger partial charge in [-0.1, -0.05) is 18.2 Å². The lowest BCUT2D eigenvalue weighted by atomic mass is 9.94. The molecule has 0 aliphatic carbocycles. The molecular weight excluding hydrogens is 406 g/mol. The van der Waals surface area contributed by atoms with E-state index in [1.165, 1.54) is 29.6 Å². The van der Waals surface area contributed by atoms with E-state index in [9.17, 15) is 19.5 Å². The van der Waals surface area contributed by atoms with Gasteiger partial charge < -0.3 is 19.2 Å². The molecule has 0 saturated heterocycles. The third-order valence-electron chi connectivity index (χ3n) is 4.85. The molecule has 1 atom stereocenters. The number of ether oxygens (including phenoxy) is 1. The number of furan rings is 1. The van der Waals surface area contributed by atoms with Crippen molar-refractivity contribution in [2.75, 3.05) is 7.11 Å². The zero-order valence-electron chi connectivity index (χ0n) is 15.9. The number of esters is 1. The van der Waals surface area contributed by atoms with Crippen molar-refractivity contribution >= 4 is 29.0 Å². The second-order valence-electron chi connectivity index (χ2n) is 6.60. The summed E-state index contributed by atoms with van der Waals surface area (Å²) in [5, 5.41) is 12.4. The highest BCUT2D eigenvalue weighted by atomic mass is 32.1. The van der Waals surface area contributed by atoms with E-state index in [0.29, 0.717) is 21.8 Å². The summed E-state index contributed by atoms with van der Waals surface area (Å²) in [6.45, 7) is 0.0700. The molecule has 30 heavy (non-hydrogen) atoms. The van der Waals surface area contributed by atoms with Crippen molar-refractivity contribution in [1.29, 1.82) is 0 Å². The Morgan fingerprint density at radius 3 is 2.53 bits per heavy atom. The van der Waals surface area contributed by atoms with Gasteiger partial charge in [-0.15, -0.1) is 11.3 Å². The van der Waals surface area contributed by atoms with Crippen molar-refractivity contribution in [2.45, 2.75) is 12.6 Å². The fourth-order valence-electron chi connectivity index (χ4n) is 3.43. The SMILES string of the molecule is COC(=O)c1ccc(C2C(C(=O)c3cccs3)=C(O)C(=O)N2Cc2ccco2)cc1. The number of hydrogen-bond donors (Lipinski definition) is 1. The first-order valence-corrected chi connectivity index (χ1v) is 9.92. The molecule has 0 saturated carbocycles. The van der Waals surface area contributed by atoms with E-state index in [0.717, 1.165) is 0 Å². The summed E-state index contributed by atoms with van der Waals surface area (Å²) in [6, 6.07) is 12.3. The Kier molecular flexibility index (Phi) is 5.24. The number of rotatable bonds is 6. The summed E-state index contributed by atoms with van der Waals surface area (Å²) in [5.74, 6) is -1.64. The predicted molar refractivity (Wildman–Crippen MR) is 108 cm³/mol. The molecule has 8 heteroatoms. The Morgan fingerprint density at radius 2 is 1.93 bits per heavy atom. The summed E-state index contributed by atoms with van der Waals surface area (Å²) in [7, 11) is 1.29. The van der Waals surface area contributed by atoms with Gasteiger partial charge in [0.2, 0.25) is 5.78 Å². The highest BCUT2D eigenvalue weighted by Gasteiger charge is 2.44. The average molecular weight is 423 g/mol. The first-order chi connectivity index (χ1) is 14.5. The van der Waals surface area contributed by atoms with Gasteiger partial charge >= 0.3 is 5.97 Å². The Morgan fingerprint density at radius 1 is 1.17 bits per heavy atom. The summed E-state index contributed by atoms with van der Waals surface area (Å²) in [4.78, 5) is 39.6. The maximum Gasteiger partial charge on any atom is 0.337 e. The molecule has 1 aliphatic heterocycles. The standard InChI is InChI=1S/C22H17NO6S/c1-28-22(27)14-8-6-13(7-9-14)18-17(19(24)16-5-3-11-30-16)20(25)21(26)23(18)12-15-4-2-10-29-15/h2-11,18,25H,12H2,1H3. The third-order valence-corrected chi connectivity index (χ3v) is 5.72. The van der Waals surface area contributed by atoms with Gasteiger partial charge in [-0.2, -0.15) is 0 Å². The van der Waals surface area contributed by atoms with Crippen LogP contribution in [0.25, 0.3) is 0 Å². The van der Waals surface area contributed by atoms with Crippen molar-refractivity contribution in [3.8, 4) is 0 Å². The Labute approximate surface area is 175 Å². The second-order valence-corrected chi connectivity index (χ2v) is 7.54. The molecule has 1 aliphatic rings. The number of ketones is 1. The average Bonchev–Trinajstić information content (AvgIpc) is 3.52. The molecule has 1 N–H and O–H groups in total. The number of methoxy groups -OCH3 is 1. The van der Waals surface area contributed by atoms with Crippen LogP contribution in [-0.4, -0.2) is 34.8 Å². The number of carbonyl (C=O) groups is 3. The Balaban J connectivity index is 1.78. The minimum absolute atomic E-state index is 0.000163. The number of carbonyl (C=O) groups excluding carboxylic acids is 3. The van der Waals surface area contributed by atoms with Gasteiger partial charge in [0.15, 0.2) is 5.76 Å². The van der Waals surface area contributed by atoms with Gasteiger partial charge in [-0.05, 0) is 41.3 Å². The number of thiophene rings is 1. The van der Waals surface area contributed by atoms with Crippen molar-refractivity contribution in [2.24, 2.45) is 0 Å². The van der Waals surface area contributed by atoms with Crippen molar-refractivity contribution in [3.05, 3.63) is 93.3 Å². The molecule has 1 amide bonds. The molecule has 3 heterocycles. The largest absolute Gasteiger partial charge is 0.503 e. The minimum atomic E-state index is -0.830. The lowest BCUT2D eigenvalue weighted by Crippen LogP contribution is -2.30. The van der Waals surface area contributed by atoms with Crippen LogP contribution in [0.5, 0.6) is 0 Å². The van der Waals surface area contributed by atoms with Crippen molar-refractivity contribution in [3.63, 3.8) is 0 Å². The van der Waals surface area contributed by atoms with Crippen molar-refractivity contribution in [1.82, 2.24) is 4.90 Å². The zero-order valence-corrected chi connectivity index (χ0v) is 16.7. The van der Waals surface area contributed by atoms with E-state index in [4.69, 9.17) is 9.15 Å². The van der Waals surface area contributed by atoms with E-state index in [-0.39, 0.29) is 12.1 Å². The smallest absolute Gasteiger partial charge is 0.337 e. The lowest BCUT2D eigenvalue weighted by Gasteiger charge is -2.26. The van der Waals surface area contributed by atoms with Crippen LogP contribution in [0.4, 0.5) is 0 Å². The number of benzene rings is 1. The fourth-order valence-corrected chi connectivity index (χ4v) is 4.10. The van der Waals surface area contributed by atoms with Gasteiger partial charge in [-0.25, -0.2) is 4.79 Å². The van der Waals surface area contributed by atoms with Crippen LogP contribution >= 0.6 is 11.3 Å². The topological polar surface area (TPSA) is 97.1 Å². The van der Waals surface area contributed by atoms with Crippen LogP contribution in [0.1, 0.15) is 37.4 Å². The molecule has 7 nitrogen and oxygen atoms in total. The lowest BCUT2D eigenvalue weighted by molar-refractivity contribution is -0.130. The number of nitrogens with zero attached hydrogens (tertiary/aromatic N) is 1. The van der Waals surface area contributed by atoms with Gasteiger partial charge in [0.25, 0.3) is 5.91 Å². The highest BCUT2D eigenvalue weighted by Crippen LogP contribution is 2.40. The van der Waals surface area contributed by atoms with Crippen LogP contribution < -0.4 is 0 Å². The zero-order chi connectivity index (χ0) is 21.3. The first kappa shape index (κ1) is 19.7. The summed E-state index contributed by atoms with van der Waals surface area (Å²) >= 11 is 1.23. The summed E-state index contributed by atoms with van der Waals surface area (Å²) in [5.41, 5.74) is 0.911. The predicted octanol–water partition coefficient (Wildman–Crippen LogP) is 3.91. The van der Waals surface area contributed by atoms with Gasteiger partial charge in [0.05, 0.1) is 42.0 Å². The number of Topliss-reactive ketones (excluding diaryl/α,β-unsaturated/α-hetero) is 1. The third kappa shape index (κ3) is 3.42. The maximum atomic E-state index is 13.1. The van der Waals surface area contributed by atoms with Crippen LogP contribution in [0.15, 0.2) is 75.9 Å². The van der Waals surface area contributed by atoms with Crippen LogP contribution in [0.2, 0.25) is 0 Å². The van der Waals surface area contributed by atoms with Crippen LogP contribution in [0, 0.1) is 0 Å². The normalized spacial score (nSPS) is 16.2. The molecule has 4 rings (SSSR count). The summed E-state index contributed by atoms with van der Waals surface area (Å²) in [6.07, 6.45) is 1.49. The first-order valence-electron chi connectivity index (χ1n) is 9.04. The van der Waals surface area contributed by atoms with E-state index in [1.54, 1.807) is 53.9 Å². The molecule has 1 unspecified atom stereocenters. The van der Waals surface area contributed by atoms with E-state index in [2.05, 4.69) is 0 Å². The van der Waals surface area contributed by atoms with Crippen LogP contribution in [-0.2, 0) is 16.1 Å². The number of hydrogen-bond acceptors (Lipinski definition) is 7. The molecular formula is C22H17NO6S. The maximum absolute atomic E-state index is 13.1. The molecule has 0 spiro atoms. The van der Waals surface area contributed by atoms with Crippen molar-refractivity contribution < 1.29 is 28.6 Å². The monoisotopic (exact) mass is 423 g/mol. The fraction of sp³-hybridized carbons (Fsp3) is 0.136. The molecule has 0 radical (unpaired) electrons. The molecule has 1 aromatic carbocycles.